The van der Waals surface area contributed by atoms with E-state index < -0.39 is 0 Å². The maximum absolute atomic E-state index is 4.96. The second-order valence-electron chi connectivity index (χ2n) is 14.2. The van der Waals surface area contributed by atoms with Gasteiger partial charge in [-0.2, -0.15) is 0 Å². The lowest BCUT2D eigenvalue weighted by Crippen LogP contribution is -2.00. The lowest BCUT2D eigenvalue weighted by Gasteiger charge is -2.19. The Morgan fingerprint density at radius 1 is 0.364 bits per heavy atom. The summed E-state index contributed by atoms with van der Waals surface area (Å²) in [5.74, 6) is 1.06. The van der Waals surface area contributed by atoms with E-state index in [2.05, 4.69) is 212 Å². The maximum Gasteiger partial charge on any atom is 0.114 e. The van der Waals surface area contributed by atoms with Gasteiger partial charge in [0.25, 0.3) is 0 Å². The first-order chi connectivity index (χ1) is 27.2. The summed E-state index contributed by atoms with van der Waals surface area (Å²) >= 11 is 0. The molecular weight excluding hydrogens is 665 g/mol. The fraction of sp³-hybridized carbons (Fsp3) is 0.0377. The number of rotatable bonds is 7. The molecule has 0 bridgehead atoms. The molecule has 10 rings (SSSR count). The standard InChI is InChI=1S/C53H38N2/c1-2-51-54-49-28-11-12-29-50(49)55(51)44-25-15-22-40(34-44)39-21-14-23-42(33-39)52-45-26-9-10-27-46(45)53(43-24-13-20-38(32-43)36-16-5-3-6-17-36)48-35-41(30-31-47(48)52)37-18-7-4-8-19-37/h3-35H,2H2,1H3. The topological polar surface area (TPSA) is 17.8 Å². The van der Waals surface area contributed by atoms with Gasteiger partial charge in [-0.15, -0.1) is 0 Å². The Bertz CT molecular complexity index is 3010. The first-order valence-corrected chi connectivity index (χ1v) is 19.1. The quantitative estimate of drug-likeness (QED) is 0.151. The Morgan fingerprint density at radius 3 is 1.49 bits per heavy atom. The van der Waals surface area contributed by atoms with Crippen LogP contribution in [0.15, 0.2) is 200 Å². The van der Waals surface area contributed by atoms with Gasteiger partial charge in [0.15, 0.2) is 0 Å². The molecule has 1 heterocycles. The van der Waals surface area contributed by atoms with Gasteiger partial charge in [-0.25, -0.2) is 4.98 Å². The van der Waals surface area contributed by atoms with Gasteiger partial charge in [-0.1, -0.05) is 165 Å². The minimum atomic E-state index is 0.854. The van der Waals surface area contributed by atoms with Crippen LogP contribution < -0.4 is 0 Å². The highest BCUT2D eigenvalue weighted by molar-refractivity contribution is 6.22. The molecule has 0 atom stereocenters. The fourth-order valence-electron chi connectivity index (χ4n) is 8.38. The van der Waals surface area contributed by atoms with Gasteiger partial charge in [0.2, 0.25) is 0 Å². The maximum atomic E-state index is 4.96. The van der Waals surface area contributed by atoms with Crippen LogP contribution in [0.5, 0.6) is 0 Å². The van der Waals surface area contributed by atoms with E-state index in [-0.39, 0.29) is 0 Å². The van der Waals surface area contributed by atoms with Gasteiger partial charge in [0.05, 0.1) is 11.0 Å². The smallest absolute Gasteiger partial charge is 0.114 e. The predicted octanol–water partition coefficient (Wildman–Crippen LogP) is 14.2. The van der Waals surface area contributed by atoms with Crippen LogP contribution in [0.2, 0.25) is 0 Å². The molecule has 2 heteroatoms. The molecule has 0 unspecified atom stereocenters. The van der Waals surface area contributed by atoms with Crippen molar-refractivity contribution < 1.29 is 0 Å². The van der Waals surface area contributed by atoms with E-state index in [4.69, 9.17) is 4.98 Å². The third kappa shape index (κ3) is 5.80. The van der Waals surface area contributed by atoms with E-state index in [1.807, 2.05) is 0 Å². The molecule has 2 nitrogen and oxygen atoms in total. The summed E-state index contributed by atoms with van der Waals surface area (Å²) in [7, 11) is 0. The van der Waals surface area contributed by atoms with Crippen LogP contribution >= 0.6 is 0 Å². The SMILES string of the molecule is CCc1nc2ccccc2n1-c1cccc(-c2cccc(-c3c4ccccc4c(-c4cccc(-c5ccccc5)c4)c4cc(-c5ccccc5)ccc34)c2)c1. The number of nitrogens with zero attached hydrogens (tertiary/aromatic N) is 2. The molecule has 260 valence electrons. The van der Waals surface area contributed by atoms with E-state index in [0.717, 1.165) is 29.0 Å². The fourth-order valence-corrected chi connectivity index (χ4v) is 8.38. The molecule has 9 aromatic carbocycles. The van der Waals surface area contributed by atoms with Gasteiger partial charge in [-0.3, -0.25) is 4.57 Å². The highest BCUT2D eigenvalue weighted by atomic mass is 15.1. The summed E-state index contributed by atoms with van der Waals surface area (Å²) in [5.41, 5.74) is 15.4. The Hall–Kier alpha value is -7.03. The predicted molar refractivity (Wildman–Crippen MR) is 233 cm³/mol. The number of aromatic nitrogens is 2. The number of aryl methyl sites for hydroxylation is 1. The van der Waals surface area contributed by atoms with E-state index in [1.54, 1.807) is 0 Å². The van der Waals surface area contributed by atoms with Crippen LogP contribution in [0.3, 0.4) is 0 Å². The van der Waals surface area contributed by atoms with Crippen molar-refractivity contribution in [2.45, 2.75) is 13.3 Å². The molecule has 0 fully saturated rings. The average molecular weight is 703 g/mol. The molecule has 0 aliphatic heterocycles. The van der Waals surface area contributed by atoms with Crippen LogP contribution in [-0.2, 0) is 6.42 Å². The number of fused-ring (bicyclic) bond motifs is 3. The molecule has 0 saturated heterocycles. The van der Waals surface area contributed by atoms with Gasteiger partial charge >= 0.3 is 0 Å². The Labute approximate surface area is 321 Å². The third-order valence-electron chi connectivity index (χ3n) is 10.9. The van der Waals surface area contributed by atoms with Crippen molar-refractivity contribution in [2.75, 3.05) is 0 Å². The monoisotopic (exact) mass is 702 g/mol. The molecule has 1 aromatic heterocycles. The molecule has 10 aromatic rings. The molecule has 55 heavy (non-hydrogen) atoms. The highest BCUT2D eigenvalue weighted by Gasteiger charge is 2.19. The van der Waals surface area contributed by atoms with Crippen LogP contribution in [0, 0.1) is 0 Å². The summed E-state index contributed by atoms with van der Waals surface area (Å²) in [6.07, 6.45) is 0.854. The first kappa shape index (κ1) is 32.6. The number of imidazole rings is 1. The van der Waals surface area contributed by atoms with Crippen molar-refractivity contribution in [1.29, 1.82) is 0 Å². The summed E-state index contributed by atoms with van der Waals surface area (Å²) in [6, 6.07) is 72.8. The molecule has 0 aliphatic carbocycles. The largest absolute Gasteiger partial charge is 0.296 e. The highest BCUT2D eigenvalue weighted by Crippen LogP contribution is 2.46. The molecule has 0 aliphatic rings. The second kappa shape index (κ2) is 13.7. The first-order valence-electron chi connectivity index (χ1n) is 19.1. The van der Waals surface area contributed by atoms with Gasteiger partial charge in [0, 0.05) is 12.1 Å². The third-order valence-corrected chi connectivity index (χ3v) is 10.9. The number of hydrogen-bond donors (Lipinski definition) is 0. The zero-order valence-corrected chi connectivity index (χ0v) is 30.7. The van der Waals surface area contributed by atoms with Crippen molar-refractivity contribution in [1.82, 2.24) is 9.55 Å². The van der Waals surface area contributed by atoms with Crippen LogP contribution in [0.25, 0.3) is 93.9 Å². The lowest BCUT2D eigenvalue weighted by atomic mass is 9.84. The van der Waals surface area contributed by atoms with Crippen molar-refractivity contribution in [3.05, 3.63) is 206 Å². The molecule has 0 saturated carbocycles. The zero-order valence-electron chi connectivity index (χ0n) is 30.7. The van der Waals surface area contributed by atoms with Crippen molar-refractivity contribution in [2.24, 2.45) is 0 Å². The van der Waals surface area contributed by atoms with Crippen LogP contribution in [0.1, 0.15) is 12.7 Å². The number of hydrogen-bond acceptors (Lipinski definition) is 1. The molecule has 0 N–H and O–H groups in total. The lowest BCUT2D eigenvalue weighted by molar-refractivity contribution is 0.908. The number of benzene rings is 9. The van der Waals surface area contributed by atoms with E-state index >= 15 is 0 Å². The average Bonchev–Trinajstić information content (AvgIpc) is 3.65. The van der Waals surface area contributed by atoms with Crippen LogP contribution in [0.4, 0.5) is 0 Å². The summed E-state index contributed by atoms with van der Waals surface area (Å²) in [5, 5.41) is 4.96. The van der Waals surface area contributed by atoms with Gasteiger partial charge < -0.3 is 0 Å². The summed E-state index contributed by atoms with van der Waals surface area (Å²) in [6.45, 7) is 2.17. The molecule has 0 spiro atoms. The van der Waals surface area contributed by atoms with Gasteiger partial charge in [0.1, 0.15) is 5.82 Å². The second-order valence-corrected chi connectivity index (χ2v) is 14.2. The number of para-hydroxylation sites is 2. The van der Waals surface area contributed by atoms with Crippen LogP contribution in [-0.4, -0.2) is 9.55 Å². The molecular formula is C53H38N2. The Morgan fingerprint density at radius 2 is 0.836 bits per heavy atom. The van der Waals surface area contributed by atoms with Gasteiger partial charge in [-0.05, 0) is 120 Å². The minimum Gasteiger partial charge on any atom is -0.296 e. The minimum absolute atomic E-state index is 0.854. The zero-order chi connectivity index (χ0) is 36.7. The van der Waals surface area contributed by atoms with E-state index in [9.17, 15) is 0 Å². The summed E-state index contributed by atoms with van der Waals surface area (Å²) in [4.78, 5) is 4.96. The molecule has 0 amide bonds. The van der Waals surface area contributed by atoms with Crippen molar-refractivity contribution >= 4 is 32.6 Å². The normalized spacial score (nSPS) is 11.4. The van der Waals surface area contributed by atoms with Crippen molar-refractivity contribution in [3.63, 3.8) is 0 Å². The van der Waals surface area contributed by atoms with E-state index in [1.165, 1.54) is 77.2 Å². The Balaban J connectivity index is 1.19. The van der Waals surface area contributed by atoms with Crippen molar-refractivity contribution in [3.8, 4) is 61.3 Å². The van der Waals surface area contributed by atoms with E-state index in [0.29, 0.717) is 0 Å². The summed E-state index contributed by atoms with van der Waals surface area (Å²) < 4.78 is 2.31. The Kier molecular flexibility index (Phi) is 8.15. The molecule has 0 radical (unpaired) electrons.